The zero-order chi connectivity index (χ0) is 22.7. The van der Waals surface area contributed by atoms with Crippen molar-refractivity contribution >= 4 is 56.8 Å². The Labute approximate surface area is 193 Å². The van der Waals surface area contributed by atoms with E-state index < -0.39 is 17.6 Å². The summed E-state index contributed by atoms with van der Waals surface area (Å²) in [5.41, 5.74) is 0.611. The molecule has 0 spiro atoms. The van der Waals surface area contributed by atoms with E-state index in [0.717, 1.165) is 4.90 Å². The van der Waals surface area contributed by atoms with Crippen LogP contribution >= 0.6 is 28.1 Å². The fraction of sp³-hybridized carbons (Fsp3) is 0.227. The van der Waals surface area contributed by atoms with Gasteiger partial charge in [-0.25, -0.2) is 4.39 Å². The van der Waals surface area contributed by atoms with Crippen LogP contribution in [0.25, 0.3) is 6.08 Å². The van der Waals surface area contributed by atoms with Crippen LogP contribution < -0.4 is 19.7 Å². The topological polar surface area (TPSA) is 67.9 Å². The molecule has 1 N–H and O–H groups in total. The van der Waals surface area contributed by atoms with Crippen molar-refractivity contribution in [3.63, 3.8) is 0 Å². The van der Waals surface area contributed by atoms with Gasteiger partial charge in [0.2, 0.25) is 0 Å². The number of thiocarbonyl (C=S) groups is 1. The number of rotatable bonds is 6. The fourth-order valence-corrected chi connectivity index (χ4v) is 3.79. The first kappa shape index (κ1) is 22.9. The normalized spacial score (nSPS) is 15.5. The van der Waals surface area contributed by atoms with Crippen molar-refractivity contribution in [2.45, 2.75) is 26.9 Å². The highest BCUT2D eigenvalue weighted by Crippen LogP contribution is 2.38. The minimum atomic E-state index is -0.657. The molecule has 0 aromatic heterocycles. The average molecular weight is 507 g/mol. The maximum absolute atomic E-state index is 13.7. The molecule has 2 amide bonds. The van der Waals surface area contributed by atoms with Gasteiger partial charge in [-0.15, -0.1) is 0 Å². The number of nitrogens with one attached hydrogen (secondary N) is 1. The van der Waals surface area contributed by atoms with Crippen LogP contribution in [0, 0.1) is 5.82 Å². The highest BCUT2D eigenvalue weighted by Gasteiger charge is 2.34. The van der Waals surface area contributed by atoms with E-state index in [9.17, 15) is 14.0 Å². The highest BCUT2D eigenvalue weighted by molar-refractivity contribution is 9.10. The van der Waals surface area contributed by atoms with Gasteiger partial charge in [0.1, 0.15) is 11.4 Å². The number of carbonyl (C=O) groups excluding carboxylic acids is 2. The van der Waals surface area contributed by atoms with Gasteiger partial charge in [0, 0.05) is 0 Å². The third-order valence-electron chi connectivity index (χ3n) is 4.16. The van der Waals surface area contributed by atoms with Crippen molar-refractivity contribution in [2.75, 3.05) is 11.5 Å². The Balaban J connectivity index is 2.04. The zero-order valence-electron chi connectivity index (χ0n) is 17.1. The standard InChI is InChI=1S/C22H20BrFN2O4S/c1-4-29-18-10-13(9-17(23)19(18)30-12(2)3)8-16-20(27)25-22(31)26(21(16)28)15-7-5-6-14(24)11-15/h5-12H,4H2,1-3H3,(H,25,27,31)/b16-8+. The molecule has 1 saturated heterocycles. The predicted molar refractivity (Wildman–Crippen MR) is 124 cm³/mol. The number of carbonyl (C=O) groups is 2. The second-order valence-electron chi connectivity index (χ2n) is 6.87. The predicted octanol–water partition coefficient (Wildman–Crippen LogP) is 4.61. The van der Waals surface area contributed by atoms with Gasteiger partial charge in [0.15, 0.2) is 16.6 Å². The van der Waals surface area contributed by atoms with E-state index in [2.05, 4.69) is 21.2 Å². The number of hydrogen-bond donors (Lipinski definition) is 1. The van der Waals surface area contributed by atoms with Crippen molar-refractivity contribution in [2.24, 2.45) is 0 Å². The summed E-state index contributed by atoms with van der Waals surface area (Å²) >= 11 is 8.60. The molecule has 0 saturated carbocycles. The molecule has 0 radical (unpaired) electrons. The van der Waals surface area contributed by atoms with Gasteiger partial charge >= 0.3 is 0 Å². The summed E-state index contributed by atoms with van der Waals surface area (Å²) in [5, 5.41) is 2.36. The number of ether oxygens (including phenoxy) is 2. The molecule has 0 atom stereocenters. The summed E-state index contributed by atoms with van der Waals surface area (Å²) in [4.78, 5) is 26.7. The van der Waals surface area contributed by atoms with Crippen LogP contribution in [0.1, 0.15) is 26.3 Å². The molecule has 1 heterocycles. The van der Waals surface area contributed by atoms with Crippen molar-refractivity contribution < 1.29 is 23.5 Å². The number of hydrogen-bond acceptors (Lipinski definition) is 5. The Kier molecular flexibility index (Phi) is 7.07. The average Bonchev–Trinajstić information content (AvgIpc) is 2.68. The highest BCUT2D eigenvalue weighted by atomic mass is 79.9. The molecule has 0 aliphatic carbocycles. The lowest BCUT2D eigenvalue weighted by molar-refractivity contribution is -0.122. The molecule has 0 unspecified atom stereocenters. The van der Waals surface area contributed by atoms with Gasteiger partial charge in [-0.2, -0.15) is 0 Å². The second-order valence-corrected chi connectivity index (χ2v) is 8.11. The Hall–Kier alpha value is -2.78. The number of amides is 2. The van der Waals surface area contributed by atoms with Crippen molar-refractivity contribution in [1.82, 2.24) is 5.32 Å². The molecule has 1 aliphatic rings. The van der Waals surface area contributed by atoms with Gasteiger partial charge in [-0.3, -0.25) is 19.8 Å². The maximum atomic E-state index is 13.7. The van der Waals surface area contributed by atoms with Crippen LogP contribution in [0.3, 0.4) is 0 Å². The van der Waals surface area contributed by atoms with Gasteiger partial charge in [-0.05, 0) is 90.9 Å². The van der Waals surface area contributed by atoms with Crippen LogP contribution in [0.15, 0.2) is 46.4 Å². The molecule has 2 aromatic carbocycles. The molecule has 9 heteroatoms. The molecule has 2 aromatic rings. The Bertz CT molecular complexity index is 1090. The lowest BCUT2D eigenvalue weighted by atomic mass is 10.1. The van der Waals surface area contributed by atoms with Crippen LogP contribution in [0.5, 0.6) is 11.5 Å². The zero-order valence-corrected chi connectivity index (χ0v) is 19.5. The molecule has 3 rings (SSSR count). The fourth-order valence-electron chi connectivity index (χ4n) is 2.96. The lowest BCUT2D eigenvalue weighted by Crippen LogP contribution is -2.54. The van der Waals surface area contributed by atoms with E-state index in [0.29, 0.717) is 28.1 Å². The Morgan fingerprint density at radius 3 is 2.65 bits per heavy atom. The van der Waals surface area contributed by atoms with Gasteiger partial charge < -0.3 is 9.47 Å². The third-order valence-corrected chi connectivity index (χ3v) is 5.04. The summed E-state index contributed by atoms with van der Waals surface area (Å²) in [6, 6.07) is 8.81. The van der Waals surface area contributed by atoms with Gasteiger partial charge in [0.05, 0.1) is 22.9 Å². The largest absolute Gasteiger partial charge is 0.490 e. The van der Waals surface area contributed by atoms with E-state index in [4.69, 9.17) is 21.7 Å². The van der Waals surface area contributed by atoms with E-state index in [1.165, 1.54) is 30.3 Å². The molecule has 31 heavy (non-hydrogen) atoms. The minimum Gasteiger partial charge on any atom is -0.490 e. The monoisotopic (exact) mass is 506 g/mol. The van der Waals surface area contributed by atoms with E-state index in [1.54, 1.807) is 12.1 Å². The van der Waals surface area contributed by atoms with Crippen LogP contribution in [-0.4, -0.2) is 29.6 Å². The second kappa shape index (κ2) is 9.57. The van der Waals surface area contributed by atoms with Gasteiger partial charge in [0.25, 0.3) is 11.8 Å². The minimum absolute atomic E-state index is 0.0775. The first-order valence-electron chi connectivity index (χ1n) is 9.51. The lowest BCUT2D eigenvalue weighted by Gasteiger charge is -2.29. The van der Waals surface area contributed by atoms with Crippen molar-refractivity contribution in [3.8, 4) is 11.5 Å². The number of anilines is 1. The summed E-state index contributed by atoms with van der Waals surface area (Å²) < 4.78 is 25.8. The molecular weight excluding hydrogens is 487 g/mol. The van der Waals surface area contributed by atoms with E-state index in [-0.39, 0.29) is 22.5 Å². The molecule has 162 valence electrons. The molecule has 0 bridgehead atoms. The third kappa shape index (κ3) is 5.11. The SMILES string of the molecule is CCOc1cc(/C=C2\C(=O)NC(=S)N(c3cccc(F)c3)C2=O)cc(Br)c1OC(C)C. The molecule has 1 aliphatic heterocycles. The van der Waals surface area contributed by atoms with Crippen molar-refractivity contribution in [3.05, 3.63) is 57.8 Å². The Morgan fingerprint density at radius 1 is 1.26 bits per heavy atom. The first-order valence-corrected chi connectivity index (χ1v) is 10.7. The van der Waals surface area contributed by atoms with E-state index in [1.807, 2.05) is 20.8 Å². The number of benzene rings is 2. The van der Waals surface area contributed by atoms with E-state index >= 15 is 0 Å². The summed E-state index contributed by atoms with van der Waals surface area (Å²) in [6.07, 6.45) is 1.35. The van der Waals surface area contributed by atoms with Crippen LogP contribution in [0.4, 0.5) is 10.1 Å². The molecule has 1 fully saturated rings. The summed E-state index contributed by atoms with van der Waals surface area (Å²) in [6.45, 7) is 6.04. The summed E-state index contributed by atoms with van der Waals surface area (Å²) in [7, 11) is 0. The van der Waals surface area contributed by atoms with Crippen LogP contribution in [-0.2, 0) is 9.59 Å². The van der Waals surface area contributed by atoms with Crippen LogP contribution in [0.2, 0.25) is 0 Å². The summed E-state index contributed by atoms with van der Waals surface area (Å²) in [5.74, 6) is -0.823. The molecule has 6 nitrogen and oxygen atoms in total. The first-order chi connectivity index (χ1) is 14.7. The van der Waals surface area contributed by atoms with Gasteiger partial charge in [-0.1, -0.05) is 6.07 Å². The Morgan fingerprint density at radius 2 is 2.00 bits per heavy atom. The quantitative estimate of drug-likeness (QED) is 0.352. The smallest absolute Gasteiger partial charge is 0.270 e. The number of nitrogens with zero attached hydrogens (tertiary/aromatic N) is 1. The van der Waals surface area contributed by atoms with Crippen molar-refractivity contribution in [1.29, 1.82) is 0 Å². The molecular formula is C22H20BrFN2O4S. The number of halogens is 2. The maximum Gasteiger partial charge on any atom is 0.270 e.